The molecule has 6 heteroatoms. The van der Waals surface area contributed by atoms with Crippen LogP contribution in [0.4, 0.5) is 17.6 Å². The van der Waals surface area contributed by atoms with Crippen molar-refractivity contribution in [2.24, 2.45) is 0 Å². The van der Waals surface area contributed by atoms with Gasteiger partial charge in [-0.3, -0.25) is 0 Å². The van der Waals surface area contributed by atoms with E-state index >= 15 is 0 Å². The lowest BCUT2D eigenvalue weighted by atomic mass is 10.1. The average molecular weight is 278 g/mol. The molecule has 0 saturated carbocycles. The summed E-state index contributed by atoms with van der Waals surface area (Å²) in [6.07, 6.45) is -2.28. The first kappa shape index (κ1) is 15.5. The van der Waals surface area contributed by atoms with E-state index < -0.39 is 29.1 Å². The zero-order chi connectivity index (χ0) is 14.5. The first-order valence-electron chi connectivity index (χ1n) is 5.90. The number of hydrogen-bond acceptors (Lipinski definition) is 2. The predicted octanol–water partition coefficient (Wildman–Crippen LogP) is 4.19. The largest absolute Gasteiger partial charge is 0.462 e. The maximum absolute atomic E-state index is 13.3. The molecule has 0 unspecified atom stereocenters. The van der Waals surface area contributed by atoms with Crippen LogP contribution < -0.4 is 0 Å². The fourth-order valence-electron chi connectivity index (χ4n) is 1.45. The summed E-state index contributed by atoms with van der Waals surface area (Å²) in [4.78, 5) is 11.5. The first-order chi connectivity index (χ1) is 8.86. The molecular formula is C13H14F4O2. The molecule has 0 aliphatic heterocycles. The van der Waals surface area contributed by atoms with Crippen LogP contribution in [-0.2, 0) is 10.9 Å². The molecule has 0 amide bonds. The summed E-state index contributed by atoms with van der Waals surface area (Å²) in [5, 5.41) is 0. The summed E-state index contributed by atoms with van der Waals surface area (Å²) in [7, 11) is 0. The average Bonchev–Trinajstić information content (AvgIpc) is 2.33. The first-order valence-corrected chi connectivity index (χ1v) is 5.90. The van der Waals surface area contributed by atoms with Gasteiger partial charge in [0.15, 0.2) is 0 Å². The Labute approximate surface area is 108 Å². The fourth-order valence-corrected chi connectivity index (χ4v) is 1.45. The second kappa shape index (κ2) is 6.54. The van der Waals surface area contributed by atoms with Crippen molar-refractivity contribution in [3.05, 3.63) is 35.1 Å². The number of esters is 1. The topological polar surface area (TPSA) is 26.3 Å². The molecule has 0 fully saturated rings. The third kappa shape index (κ3) is 4.54. The summed E-state index contributed by atoms with van der Waals surface area (Å²) in [6.45, 7) is 2.02. The van der Waals surface area contributed by atoms with Crippen LogP contribution in [0.5, 0.6) is 0 Å². The van der Waals surface area contributed by atoms with Crippen LogP contribution in [0.1, 0.15) is 42.1 Å². The minimum atomic E-state index is -4.62. The Morgan fingerprint density at radius 3 is 2.53 bits per heavy atom. The molecule has 0 spiro atoms. The summed E-state index contributed by atoms with van der Waals surface area (Å²) in [5.74, 6) is -2.09. The Bertz CT molecular complexity index is 441. The molecule has 106 valence electrons. The van der Waals surface area contributed by atoms with Crippen molar-refractivity contribution in [1.82, 2.24) is 0 Å². The third-order valence-corrected chi connectivity index (χ3v) is 2.49. The van der Waals surface area contributed by atoms with E-state index in [-0.39, 0.29) is 6.61 Å². The lowest BCUT2D eigenvalue weighted by Gasteiger charge is -2.09. The van der Waals surface area contributed by atoms with Gasteiger partial charge in [0.1, 0.15) is 5.82 Å². The van der Waals surface area contributed by atoms with Gasteiger partial charge in [0.2, 0.25) is 0 Å². The molecule has 0 heterocycles. The molecule has 0 atom stereocenters. The number of carbonyl (C=O) groups is 1. The zero-order valence-electron chi connectivity index (χ0n) is 10.4. The van der Waals surface area contributed by atoms with E-state index in [1.54, 1.807) is 0 Å². The van der Waals surface area contributed by atoms with Gasteiger partial charge in [-0.25, -0.2) is 9.18 Å². The minimum absolute atomic E-state index is 0.0718. The third-order valence-electron chi connectivity index (χ3n) is 2.49. The maximum atomic E-state index is 13.3. The van der Waals surface area contributed by atoms with Gasteiger partial charge in [0.25, 0.3) is 0 Å². The Morgan fingerprint density at radius 1 is 1.26 bits per heavy atom. The van der Waals surface area contributed by atoms with Crippen molar-refractivity contribution < 1.29 is 27.1 Å². The van der Waals surface area contributed by atoms with E-state index in [0.29, 0.717) is 24.6 Å². The van der Waals surface area contributed by atoms with Gasteiger partial charge < -0.3 is 4.74 Å². The highest BCUT2D eigenvalue weighted by Crippen LogP contribution is 2.30. The number of hydrogen-bond donors (Lipinski definition) is 0. The molecule has 0 aliphatic rings. The molecule has 1 aromatic rings. The molecule has 0 radical (unpaired) electrons. The number of alkyl halides is 3. The number of rotatable bonds is 5. The van der Waals surface area contributed by atoms with Crippen molar-refractivity contribution in [3.8, 4) is 0 Å². The molecule has 0 bridgehead atoms. The minimum Gasteiger partial charge on any atom is -0.462 e. The Hall–Kier alpha value is -1.59. The van der Waals surface area contributed by atoms with E-state index in [4.69, 9.17) is 4.74 Å². The molecule has 1 rings (SSSR count). The number of benzene rings is 1. The quantitative estimate of drug-likeness (QED) is 0.458. The van der Waals surface area contributed by atoms with Gasteiger partial charge >= 0.3 is 12.1 Å². The fraction of sp³-hybridized carbons (Fsp3) is 0.462. The number of halogens is 4. The summed E-state index contributed by atoms with van der Waals surface area (Å²) >= 11 is 0. The molecule has 0 N–H and O–H groups in total. The Balaban J connectivity index is 2.78. The highest BCUT2D eigenvalue weighted by Gasteiger charge is 2.32. The van der Waals surface area contributed by atoms with Crippen LogP contribution in [0.3, 0.4) is 0 Å². The predicted molar refractivity (Wildman–Crippen MR) is 61.2 cm³/mol. The Kier molecular flexibility index (Phi) is 5.32. The van der Waals surface area contributed by atoms with E-state index in [1.165, 1.54) is 0 Å². The summed E-state index contributed by atoms with van der Waals surface area (Å²) < 4.78 is 55.4. The van der Waals surface area contributed by atoms with Crippen molar-refractivity contribution in [2.75, 3.05) is 6.61 Å². The second-order valence-electron chi connectivity index (χ2n) is 4.04. The second-order valence-corrected chi connectivity index (χ2v) is 4.04. The van der Waals surface area contributed by atoms with Crippen molar-refractivity contribution in [3.63, 3.8) is 0 Å². The highest BCUT2D eigenvalue weighted by molar-refractivity contribution is 5.89. The van der Waals surface area contributed by atoms with Crippen LogP contribution >= 0.6 is 0 Å². The highest BCUT2D eigenvalue weighted by atomic mass is 19.4. The molecule has 2 nitrogen and oxygen atoms in total. The van der Waals surface area contributed by atoms with Gasteiger partial charge in [-0.2, -0.15) is 13.2 Å². The van der Waals surface area contributed by atoms with Crippen molar-refractivity contribution >= 4 is 5.97 Å². The number of unbranched alkanes of at least 4 members (excludes halogenated alkanes) is 2. The van der Waals surface area contributed by atoms with E-state index in [2.05, 4.69) is 0 Å². The van der Waals surface area contributed by atoms with E-state index in [9.17, 15) is 22.4 Å². The zero-order valence-corrected chi connectivity index (χ0v) is 10.4. The lowest BCUT2D eigenvalue weighted by molar-refractivity contribution is -0.137. The van der Waals surface area contributed by atoms with E-state index in [1.807, 2.05) is 6.92 Å². The van der Waals surface area contributed by atoms with Crippen molar-refractivity contribution in [1.29, 1.82) is 0 Å². The summed E-state index contributed by atoms with van der Waals surface area (Å²) in [5.41, 5.74) is -1.76. The van der Waals surface area contributed by atoms with Gasteiger partial charge in [-0.05, 0) is 24.6 Å². The molecule has 0 saturated heterocycles. The maximum Gasteiger partial charge on any atom is 0.416 e. The number of ether oxygens (including phenoxy) is 1. The lowest BCUT2D eigenvalue weighted by Crippen LogP contribution is -2.12. The molecule has 1 aromatic carbocycles. The number of carbonyl (C=O) groups excluding carboxylic acids is 1. The van der Waals surface area contributed by atoms with Crippen LogP contribution in [0.15, 0.2) is 18.2 Å². The monoisotopic (exact) mass is 278 g/mol. The van der Waals surface area contributed by atoms with E-state index in [0.717, 1.165) is 12.8 Å². The standard InChI is InChI=1S/C13H14F4O2/c1-2-3-4-7-19-12(18)10-8-9(13(15,16)17)5-6-11(10)14/h5-6,8H,2-4,7H2,1H3. The van der Waals surface area contributed by atoms with Crippen LogP contribution in [0, 0.1) is 5.82 Å². The van der Waals surface area contributed by atoms with Gasteiger partial charge in [0, 0.05) is 0 Å². The molecule has 19 heavy (non-hydrogen) atoms. The van der Waals surface area contributed by atoms with Gasteiger partial charge in [0.05, 0.1) is 17.7 Å². The SMILES string of the molecule is CCCCCOC(=O)c1cc(C(F)(F)F)ccc1F. The van der Waals surface area contributed by atoms with Crippen LogP contribution in [0.25, 0.3) is 0 Å². The van der Waals surface area contributed by atoms with Crippen LogP contribution in [-0.4, -0.2) is 12.6 Å². The van der Waals surface area contributed by atoms with Crippen molar-refractivity contribution in [2.45, 2.75) is 32.4 Å². The van der Waals surface area contributed by atoms with Crippen LogP contribution in [0.2, 0.25) is 0 Å². The summed E-state index contributed by atoms with van der Waals surface area (Å²) in [6, 6.07) is 1.67. The van der Waals surface area contributed by atoms with Gasteiger partial charge in [-0.15, -0.1) is 0 Å². The Morgan fingerprint density at radius 2 is 1.95 bits per heavy atom. The molecule has 0 aromatic heterocycles. The smallest absolute Gasteiger partial charge is 0.416 e. The van der Waals surface area contributed by atoms with Gasteiger partial charge in [-0.1, -0.05) is 19.8 Å². The molecular weight excluding hydrogens is 264 g/mol. The molecule has 0 aliphatic carbocycles. The normalized spacial score (nSPS) is 11.4.